The summed E-state index contributed by atoms with van der Waals surface area (Å²) >= 11 is 2.93. The van der Waals surface area contributed by atoms with E-state index in [1.165, 1.54) is 22.2 Å². The van der Waals surface area contributed by atoms with Gasteiger partial charge in [-0.05, 0) is 45.4 Å². The van der Waals surface area contributed by atoms with Crippen LogP contribution < -0.4 is 10.1 Å². The van der Waals surface area contributed by atoms with Gasteiger partial charge in [-0.25, -0.2) is 4.40 Å². The number of ether oxygens (including phenoxy) is 2. The monoisotopic (exact) mass is 483 g/mol. The highest BCUT2D eigenvalue weighted by molar-refractivity contribution is 7.99. The average Bonchev–Trinajstić information content (AvgIpc) is 3.34. The summed E-state index contributed by atoms with van der Waals surface area (Å²) < 4.78 is 13.7. The smallest absolute Gasteiger partial charge is 0.305 e. The van der Waals surface area contributed by atoms with Gasteiger partial charge in [0.1, 0.15) is 4.83 Å². The van der Waals surface area contributed by atoms with Gasteiger partial charge in [-0.15, -0.1) is 21.5 Å². The standard InChI is InChI=1S/C23H25N5O3S2/c1-5-30-21-25-20-18(15-10-23(3,4)31-11-16(15)33-20)19-26-27-22(28(19)21)32-12-17(29)24-14-8-6-13(2)7-9-14/h6-9H,5,10-12H2,1-4H3,(H,24,29). The number of nitrogens with one attached hydrogen (secondary N) is 1. The lowest BCUT2D eigenvalue weighted by atomic mass is 9.94. The molecule has 8 nitrogen and oxygen atoms in total. The van der Waals surface area contributed by atoms with Gasteiger partial charge in [-0.3, -0.25) is 4.79 Å². The first-order valence-electron chi connectivity index (χ1n) is 10.8. The van der Waals surface area contributed by atoms with Crippen molar-refractivity contribution in [2.24, 2.45) is 0 Å². The number of hydrogen-bond donors (Lipinski definition) is 1. The third-order valence-corrected chi connectivity index (χ3v) is 7.48. The Balaban J connectivity index is 1.48. The number of fused-ring (bicyclic) bond motifs is 5. The molecule has 0 spiro atoms. The summed E-state index contributed by atoms with van der Waals surface area (Å²) in [6.07, 6.45) is 0.780. The number of rotatable bonds is 6. The third kappa shape index (κ3) is 4.30. The van der Waals surface area contributed by atoms with Crippen molar-refractivity contribution in [2.75, 3.05) is 17.7 Å². The molecule has 1 aliphatic heterocycles. The van der Waals surface area contributed by atoms with Crippen molar-refractivity contribution in [2.45, 2.75) is 51.5 Å². The maximum Gasteiger partial charge on any atom is 0.305 e. The Kier molecular flexibility index (Phi) is 5.75. The lowest BCUT2D eigenvalue weighted by molar-refractivity contribution is -0.113. The topological polar surface area (TPSA) is 90.6 Å². The highest BCUT2D eigenvalue weighted by Crippen LogP contribution is 2.41. The Hall–Kier alpha value is -2.69. The number of thiophene rings is 1. The zero-order chi connectivity index (χ0) is 23.2. The van der Waals surface area contributed by atoms with Crippen LogP contribution in [0.5, 0.6) is 6.01 Å². The Morgan fingerprint density at radius 1 is 1.30 bits per heavy atom. The van der Waals surface area contributed by atoms with Crippen molar-refractivity contribution in [3.05, 3.63) is 40.3 Å². The molecule has 4 heterocycles. The maximum absolute atomic E-state index is 12.5. The van der Waals surface area contributed by atoms with E-state index < -0.39 is 0 Å². The highest BCUT2D eigenvalue weighted by Gasteiger charge is 2.32. The number of aromatic nitrogens is 4. The first-order valence-corrected chi connectivity index (χ1v) is 12.6. The van der Waals surface area contributed by atoms with Gasteiger partial charge in [0.15, 0.2) is 10.8 Å². The lowest BCUT2D eigenvalue weighted by Crippen LogP contribution is -2.31. The predicted octanol–water partition coefficient (Wildman–Crippen LogP) is 4.63. The van der Waals surface area contributed by atoms with Crippen LogP contribution in [0.1, 0.15) is 36.8 Å². The number of anilines is 1. The van der Waals surface area contributed by atoms with Crippen molar-refractivity contribution < 1.29 is 14.3 Å². The molecule has 0 unspecified atom stereocenters. The SMILES string of the molecule is CCOc1nc2sc3c(c2c2nnc(SCC(=O)Nc4ccc(C)cc4)n12)CC(C)(C)OC3. The first kappa shape index (κ1) is 22.1. The second-order valence-corrected chi connectivity index (χ2v) is 10.6. The van der Waals surface area contributed by atoms with Gasteiger partial charge < -0.3 is 14.8 Å². The minimum atomic E-state index is -0.248. The molecule has 3 aromatic heterocycles. The summed E-state index contributed by atoms with van der Waals surface area (Å²) in [7, 11) is 0. The van der Waals surface area contributed by atoms with E-state index in [9.17, 15) is 4.79 Å². The van der Waals surface area contributed by atoms with Crippen LogP contribution in [0.3, 0.4) is 0 Å². The van der Waals surface area contributed by atoms with Crippen LogP contribution in [0.25, 0.3) is 15.9 Å². The van der Waals surface area contributed by atoms with E-state index in [0.29, 0.717) is 30.0 Å². The van der Waals surface area contributed by atoms with E-state index in [-0.39, 0.29) is 17.3 Å². The van der Waals surface area contributed by atoms with Crippen LogP contribution in [0.2, 0.25) is 0 Å². The molecule has 0 bridgehead atoms. The predicted molar refractivity (Wildman–Crippen MR) is 130 cm³/mol. The number of aryl methyl sites for hydroxylation is 1. The first-order chi connectivity index (χ1) is 15.8. The number of thioether (sulfide) groups is 1. The van der Waals surface area contributed by atoms with Crippen LogP contribution in [-0.4, -0.2) is 43.5 Å². The second-order valence-electron chi connectivity index (χ2n) is 8.58. The van der Waals surface area contributed by atoms with Crippen molar-refractivity contribution in [1.82, 2.24) is 19.6 Å². The second kappa shape index (κ2) is 8.58. The van der Waals surface area contributed by atoms with Crippen LogP contribution in [0, 0.1) is 6.92 Å². The summed E-state index contributed by atoms with van der Waals surface area (Å²) in [4.78, 5) is 19.4. The molecule has 0 atom stereocenters. The molecule has 5 rings (SSSR count). The molecule has 0 aliphatic carbocycles. The molecule has 1 aromatic carbocycles. The van der Waals surface area contributed by atoms with Gasteiger partial charge in [0, 0.05) is 17.0 Å². The molecule has 1 N–H and O–H groups in total. The fourth-order valence-corrected chi connectivity index (χ4v) is 5.69. The van der Waals surface area contributed by atoms with Gasteiger partial charge in [0.05, 0.1) is 30.0 Å². The van der Waals surface area contributed by atoms with Crippen molar-refractivity contribution in [3.63, 3.8) is 0 Å². The van der Waals surface area contributed by atoms with Gasteiger partial charge >= 0.3 is 6.01 Å². The molecule has 4 aromatic rings. The van der Waals surface area contributed by atoms with Crippen LogP contribution in [-0.2, 0) is 22.6 Å². The van der Waals surface area contributed by atoms with Gasteiger partial charge in [-0.1, -0.05) is 29.5 Å². The largest absolute Gasteiger partial charge is 0.465 e. The van der Waals surface area contributed by atoms with Gasteiger partial charge in [-0.2, -0.15) is 4.98 Å². The molecule has 10 heteroatoms. The van der Waals surface area contributed by atoms with E-state index in [1.807, 2.05) is 42.5 Å². The number of benzene rings is 1. The summed E-state index contributed by atoms with van der Waals surface area (Å²) in [6.45, 7) is 9.14. The fraction of sp³-hybridized carbons (Fsp3) is 0.391. The van der Waals surface area contributed by atoms with E-state index in [0.717, 1.165) is 27.9 Å². The molecule has 33 heavy (non-hydrogen) atoms. The Labute approximate surface area is 199 Å². The fourth-order valence-electron chi connectivity index (χ4n) is 3.87. The Morgan fingerprint density at radius 3 is 2.85 bits per heavy atom. The molecule has 1 aliphatic rings. The van der Waals surface area contributed by atoms with Crippen molar-refractivity contribution in [1.29, 1.82) is 0 Å². The minimum Gasteiger partial charge on any atom is -0.465 e. The molecule has 1 amide bonds. The number of nitrogens with zero attached hydrogens (tertiary/aromatic N) is 4. The van der Waals surface area contributed by atoms with E-state index in [1.54, 1.807) is 11.3 Å². The zero-order valence-electron chi connectivity index (χ0n) is 19.0. The summed E-state index contributed by atoms with van der Waals surface area (Å²) in [6, 6.07) is 8.15. The van der Waals surface area contributed by atoms with Crippen molar-refractivity contribution in [3.8, 4) is 6.01 Å². The quantitative estimate of drug-likeness (QED) is 0.400. The molecule has 0 fully saturated rings. The molecular weight excluding hydrogens is 458 g/mol. The highest BCUT2D eigenvalue weighted by atomic mass is 32.2. The molecular formula is C23H25N5O3S2. The van der Waals surface area contributed by atoms with E-state index >= 15 is 0 Å². The Bertz CT molecular complexity index is 1340. The minimum absolute atomic E-state index is 0.112. The summed E-state index contributed by atoms with van der Waals surface area (Å²) in [5, 5.41) is 13.4. The summed E-state index contributed by atoms with van der Waals surface area (Å²) in [5.74, 6) is 0.0837. The van der Waals surface area contributed by atoms with Crippen LogP contribution in [0.15, 0.2) is 29.4 Å². The number of hydrogen-bond acceptors (Lipinski definition) is 8. The zero-order valence-corrected chi connectivity index (χ0v) is 20.6. The van der Waals surface area contributed by atoms with E-state index in [2.05, 4.69) is 29.4 Å². The normalized spacial score (nSPS) is 15.0. The van der Waals surface area contributed by atoms with E-state index in [4.69, 9.17) is 14.5 Å². The molecule has 0 radical (unpaired) electrons. The summed E-state index contributed by atoms with van der Waals surface area (Å²) in [5.41, 5.74) is 3.59. The molecule has 172 valence electrons. The van der Waals surface area contributed by atoms with Crippen LogP contribution >= 0.6 is 23.1 Å². The molecule has 0 saturated heterocycles. The molecule has 0 saturated carbocycles. The number of amides is 1. The average molecular weight is 484 g/mol. The number of carbonyl (C=O) groups excluding carboxylic acids is 1. The number of carbonyl (C=O) groups is 1. The maximum atomic E-state index is 12.5. The van der Waals surface area contributed by atoms with Gasteiger partial charge in [0.25, 0.3) is 0 Å². The lowest BCUT2D eigenvalue weighted by Gasteiger charge is -2.30. The Morgan fingerprint density at radius 2 is 2.09 bits per heavy atom. The van der Waals surface area contributed by atoms with Crippen LogP contribution in [0.4, 0.5) is 5.69 Å². The van der Waals surface area contributed by atoms with Gasteiger partial charge in [0.2, 0.25) is 5.91 Å². The third-order valence-electron chi connectivity index (χ3n) is 5.46. The van der Waals surface area contributed by atoms with Crippen molar-refractivity contribution >= 4 is 50.6 Å².